The van der Waals surface area contributed by atoms with Gasteiger partial charge < -0.3 is 14.8 Å². The molecule has 1 fully saturated rings. The Bertz CT molecular complexity index is 1130. The molecule has 0 spiro atoms. The number of hydrogen-bond donors (Lipinski definition) is 1. The number of hydrogen-bond acceptors (Lipinski definition) is 4. The number of pyridine rings is 2. The van der Waals surface area contributed by atoms with Crippen LogP contribution < -0.4 is 10.9 Å². The van der Waals surface area contributed by atoms with Crippen molar-refractivity contribution in [3.63, 3.8) is 0 Å². The fraction of sp³-hybridized carbons (Fsp3) is 0.292. The minimum absolute atomic E-state index is 0.0515. The molecule has 1 saturated heterocycles. The standard InChI is InChI=1S/C24H25FN4O2/c1-17-14-21(27-20-7-5-19(25)6-8-20)15-22(26-17)18-9-12-29(16-18)24(31)10-13-28-11-3-2-4-23(28)30/h2-8,11,14-15,18H,9-10,12-13,16H2,1H3,(H,26,27)/t18-/m0/s1. The van der Waals surface area contributed by atoms with Gasteiger partial charge in [-0.05, 0) is 55.8 Å². The Labute approximate surface area is 180 Å². The van der Waals surface area contributed by atoms with Crippen molar-refractivity contribution >= 4 is 17.3 Å². The van der Waals surface area contributed by atoms with Gasteiger partial charge in [0, 0.05) is 67.0 Å². The number of anilines is 2. The van der Waals surface area contributed by atoms with Crippen LogP contribution in [-0.2, 0) is 11.3 Å². The van der Waals surface area contributed by atoms with Gasteiger partial charge in [0.25, 0.3) is 5.56 Å². The number of likely N-dealkylation sites (tertiary alicyclic amines) is 1. The molecule has 0 bridgehead atoms. The van der Waals surface area contributed by atoms with Crippen molar-refractivity contribution < 1.29 is 9.18 Å². The van der Waals surface area contributed by atoms with E-state index in [1.54, 1.807) is 35.0 Å². The van der Waals surface area contributed by atoms with Crippen LogP contribution in [0, 0.1) is 12.7 Å². The van der Waals surface area contributed by atoms with E-state index in [1.807, 2.05) is 24.0 Å². The summed E-state index contributed by atoms with van der Waals surface area (Å²) in [5, 5.41) is 3.29. The average molecular weight is 420 g/mol. The molecule has 1 aliphatic heterocycles. The molecule has 7 heteroatoms. The molecule has 0 unspecified atom stereocenters. The summed E-state index contributed by atoms with van der Waals surface area (Å²) in [5.74, 6) is -0.0577. The lowest BCUT2D eigenvalue weighted by Gasteiger charge is -2.17. The van der Waals surface area contributed by atoms with Gasteiger partial charge in [0.15, 0.2) is 0 Å². The fourth-order valence-electron chi connectivity index (χ4n) is 3.92. The Kier molecular flexibility index (Phi) is 6.11. The number of carbonyl (C=O) groups excluding carboxylic acids is 1. The molecular weight excluding hydrogens is 395 g/mol. The summed E-state index contributed by atoms with van der Waals surface area (Å²) in [6.45, 7) is 3.63. The quantitative estimate of drug-likeness (QED) is 0.658. The second-order valence-corrected chi connectivity index (χ2v) is 7.86. The molecule has 31 heavy (non-hydrogen) atoms. The predicted octanol–water partition coefficient (Wildman–Crippen LogP) is 3.84. The lowest BCUT2D eigenvalue weighted by Crippen LogP contribution is -2.30. The van der Waals surface area contributed by atoms with Gasteiger partial charge in [-0.15, -0.1) is 0 Å². The van der Waals surface area contributed by atoms with E-state index in [0.29, 0.717) is 26.1 Å². The summed E-state index contributed by atoms with van der Waals surface area (Å²) < 4.78 is 14.7. The highest BCUT2D eigenvalue weighted by Crippen LogP contribution is 2.29. The first-order valence-electron chi connectivity index (χ1n) is 10.4. The molecule has 0 aliphatic carbocycles. The molecule has 1 amide bonds. The largest absolute Gasteiger partial charge is 0.355 e. The normalized spacial score (nSPS) is 15.8. The number of aryl methyl sites for hydroxylation is 2. The van der Waals surface area contributed by atoms with E-state index >= 15 is 0 Å². The molecule has 0 saturated carbocycles. The number of nitrogens with one attached hydrogen (secondary N) is 1. The molecule has 160 valence electrons. The van der Waals surface area contributed by atoms with Gasteiger partial charge >= 0.3 is 0 Å². The molecule has 2 aromatic heterocycles. The van der Waals surface area contributed by atoms with E-state index in [-0.39, 0.29) is 23.2 Å². The summed E-state index contributed by atoms with van der Waals surface area (Å²) in [6, 6.07) is 15.1. The van der Waals surface area contributed by atoms with Gasteiger partial charge in [0.2, 0.25) is 5.91 Å². The average Bonchev–Trinajstić information content (AvgIpc) is 3.25. The minimum Gasteiger partial charge on any atom is -0.355 e. The maximum atomic E-state index is 13.1. The summed E-state index contributed by atoms with van der Waals surface area (Å²) in [4.78, 5) is 31.0. The first kappa shape index (κ1) is 20.8. The number of aromatic nitrogens is 2. The third-order valence-electron chi connectivity index (χ3n) is 5.53. The van der Waals surface area contributed by atoms with Crippen molar-refractivity contribution in [2.75, 3.05) is 18.4 Å². The van der Waals surface area contributed by atoms with Gasteiger partial charge in [0.05, 0.1) is 0 Å². The van der Waals surface area contributed by atoms with Crippen LogP contribution in [0.1, 0.15) is 30.1 Å². The first-order valence-corrected chi connectivity index (χ1v) is 10.4. The predicted molar refractivity (Wildman–Crippen MR) is 118 cm³/mol. The van der Waals surface area contributed by atoms with Gasteiger partial charge in [0.1, 0.15) is 5.82 Å². The van der Waals surface area contributed by atoms with Gasteiger partial charge in [-0.25, -0.2) is 4.39 Å². The smallest absolute Gasteiger partial charge is 0.250 e. The number of rotatable bonds is 6. The zero-order chi connectivity index (χ0) is 21.8. The number of nitrogens with zero attached hydrogens (tertiary/aromatic N) is 3. The topological polar surface area (TPSA) is 67.2 Å². The van der Waals surface area contributed by atoms with Gasteiger partial charge in [-0.1, -0.05) is 6.07 Å². The Hall–Kier alpha value is -3.48. The maximum absolute atomic E-state index is 13.1. The maximum Gasteiger partial charge on any atom is 0.250 e. The number of carbonyl (C=O) groups is 1. The van der Waals surface area contributed by atoms with E-state index in [0.717, 1.165) is 29.2 Å². The molecular formula is C24H25FN4O2. The molecule has 1 aromatic carbocycles. The molecule has 1 N–H and O–H groups in total. The number of amides is 1. The highest BCUT2D eigenvalue weighted by molar-refractivity contribution is 5.76. The van der Waals surface area contributed by atoms with E-state index in [1.165, 1.54) is 18.2 Å². The lowest BCUT2D eigenvalue weighted by atomic mass is 10.0. The fourth-order valence-corrected chi connectivity index (χ4v) is 3.92. The SMILES string of the molecule is Cc1cc(Nc2ccc(F)cc2)cc([C@H]2CCN(C(=O)CCn3ccccc3=O)C2)n1. The molecule has 3 heterocycles. The van der Waals surface area contributed by atoms with Crippen LogP contribution >= 0.6 is 0 Å². The Morgan fingerprint density at radius 1 is 1.16 bits per heavy atom. The third kappa shape index (κ3) is 5.17. The zero-order valence-electron chi connectivity index (χ0n) is 17.4. The number of benzene rings is 1. The van der Waals surface area contributed by atoms with Crippen molar-refractivity contribution in [1.29, 1.82) is 0 Å². The summed E-state index contributed by atoms with van der Waals surface area (Å²) in [5.41, 5.74) is 3.42. The lowest BCUT2D eigenvalue weighted by molar-refractivity contribution is -0.130. The van der Waals surface area contributed by atoms with Crippen molar-refractivity contribution in [2.24, 2.45) is 0 Å². The van der Waals surface area contributed by atoms with Crippen molar-refractivity contribution in [3.05, 3.63) is 88.4 Å². The Balaban J connectivity index is 1.39. The van der Waals surface area contributed by atoms with Crippen LogP contribution in [0.3, 0.4) is 0 Å². The van der Waals surface area contributed by atoms with Gasteiger partial charge in [-0.2, -0.15) is 0 Å². The number of halogens is 1. The Morgan fingerprint density at radius 3 is 2.74 bits per heavy atom. The van der Waals surface area contributed by atoms with Crippen LogP contribution in [-0.4, -0.2) is 33.4 Å². The van der Waals surface area contributed by atoms with Crippen LogP contribution in [0.5, 0.6) is 0 Å². The first-order chi connectivity index (χ1) is 15.0. The monoisotopic (exact) mass is 420 g/mol. The van der Waals surface area contributed by atoms with Crippen LogP contribution in [0.15, 0.2) is 65.6 Å². The van der Waals surface area contributed by atoms with E-state index in [2.05, 4.69) is 10.3 Å². The van der Waals surface area contributed by atoms with Crippen LogP contribution in [0.25, 0.3) is 0 Å². The summed E-state index contributed by atoms with van der Waals surface area (Å²) >= 11 is 0. The molecule has 4 rings (SSSR count). The Morgan fingerprint density at radius 2 is 1.97 bits per heavy atom. The zero-order valence-corrected chi connectivity index (χ0v) is 17.4. The van der Waals surface area contributed by atoms with E-state index < -0.39 is 0 Å². The summed E-state index contributed by atoms with van der Waals surface area (Å²) in [6.07, 6.45) is 2.85. The summed E-state index contributed by atoms with van der Waals surface area (Å²) in [7, 11) is 0. The molecule has 1 aliphatic rings. The van der Waals surface area contributed by atoms with E-state index in [4.69, 9.17) is 0 Å². The third-order valence-corrected chi connectivity index (χ3v) is 5.53. The molecule has 0 radical (unpaired) electrons. The van der Waals surface area contributed by atoms with Crippen molar-refractivity contribution in [2.45, 2.75) is 32.2 Å². The van der Waals surface area contributed by atoms with Crippen LogP contribution in [0.4, 0.5) is 15.8 Å². The van der Waals surface area contributed by atoms with Gasteiger partial charge in [-0.3, -0.25) is 14.6 Å². The van der Waals surface area contributed by atoms with Crippen molar-refractivity contribution in [3.8, 4) is 0 Å². The molecule has 6 nitrogen and oxygen atoms in total. The highest BCUT2D eigenvalue weighted by Gasteiger charge is 2.28. The van der Waals surface area contributed by atoms with E-state index in [9.17, 15) is 14.0 Å². The van der Waals surface area contributed by atoms with Crippen molar-refractivity contribution in [1.82, 2.24) is 14.5 Å². The second-order valence-electron chi connectivity index (χ2n) is 7.86. The molecule has 3 aromatic rings. The highest BCUT2D eigenvalue weighted by atomic mass is 19.1. The second kappa shape index (κ2) is 9.12. The molecule has 1 atom stereocenters. The minimum atomic E-state index is -0.273. The van der Waals surface area contributed by atoms with Crippen LogP contribution in [0.2, 0.25) is 0 Å².